The van der Waals surface area contributed by atoms with Crippen LogP contribution >= 0.6 is 0 Å². The lowest BCUT2D eigenvalue weighted by atomic mass is 9.95. The Balaban J connectivity index is 2.48. The second-order valence-corrected chi connectivity index (χ2v) is 28.0. The van der Waals surface area contributed by atoms with Crippen LogP contribution < -0.4 is 115 Å². The number of nitro benzene ring substituents is 2. The molecule has 0 aromatic heterocycles. The van der Waals surface area contributed by atoms with Crippen LogP contribution in [0.4, 0.5) is 22.7 Å². The van der Waals surface area contributed by atoms with Gasteiger partial charge in [-0.25, -0.2) is 0 Å². The number of aliphatic imine (C=N–C) groups is 3. The molecular weight excluding hydrogens is 1490 g/mol. The predicted octanol–water partition coefficient (Wildman–Crippen LogP) is -4.42. The fraction of sp³-hybridized carbons (Fsp3) is 0.600. The average molecular weight is 1610 g/mol. The molecule has 0 saturated heterocycles. The quantitative estimate of drug-likeness (QED) is 0.00977. The van der Waals surface area contributed by atoms with Crippen LogP contribution in [0.15, 0.2) is 57.4 Å². The van der Waals surface area contributed by atoms with Gasteiger partial charge >= 0.3 is 0 Å². The zero-order chi connectivity index (χ0) is 86.2. The summed E-state index contributed by atoms with van der Waals surface area (Å²) < 4.78 is 0. The Morgan fingerprint density at radius 3 is 1.31 bits per heavy atom. The lowest BCUT2D eigenvalue weighted by Gasteiger charge is -2.31. The Morgan fingerprint density at radius 2 is 0.860 bits per heavy atom. The molecule has 0 aliphatic rings. The summed E-state index contributed by atoms with van der Waals surface area (Å²) in [6.07, 6.45) is -1.66. The smallest absolute Gasteiger partial charge is 0.299 e. The molecule has 0 fully saturated rings. The summed E-state index contributed by atoms with van der Waals surface area (Å²) in [4.78, 5) is 213. The number of para-hydroxylation sites is 1. The van der Waals surface area contributed by atoms with Gasteiger partial charge in [0.15, 0.2) is 17.9 Å². The molecule has 0 aliphatic carbocycles. The summed E-state index contributed by atoms with van der Waals surface area (Å²) in [6, 6.07) is -5.15. The molecule has 2 rings (SSSR count). The number of nitro groups is 2. The van der Waals surface area contributed by atoms with E-state index in [1.165, 1.54) is 20.8 Å². The third kappa shape index (κ3) is 35.0. The number of benzene rings is 2. The molecule has 2 aromatic rings. The Labute approximate surface area is 660 Å². The van der Waals surface area contributed by atoms with Crippen molar-refractivity contribution >= 4 is 117 Å². The fourth-order valence-corrected chi connectivity index (χ4v) is 11.0. The molecule has 2 aromatic carbocycles. The molecular formula is C70H116N26O18. The third-order valence-corrected chi connectivity index (χ3v) is 17.7. The highest BCUT2D eigenvalue weighted by Gasteiger charge is 2.39. The van der Waals surface area contributed by atoms with Crippen molar-refractivity contribution in [2.24, 2.45) is 78.8 Å². The summed E-state index contributed by atoms with van der Waals surface area (Å²) in [5.74, 6) is -14.9. The minimum absolute atomic E-state index is 0.0142. The van der Waals surface area contributed by atoms with Crippen molar-refractivity contribution in [3.63, 3.8) is 0 Å². The van der Waals surface area contributed by atoms with Crippen molar-refractivity contribution < 1.29 is 77.3 Å². The van der Waals surface area contributed by atoms with Crippen molar-refractivity contribution in [3.8, 4) is 0 Å². The van der Waals surface area contributed by atoms with Crippen LogP contribution in [-0.2, 0) is 57.5 Å². The minimum Gasteiger partial charge on any atom is -0.391 e. The van der Waals surface area contributed by atoms with Gasteiger partial charge in [-0.15, -0.1) is 0 Å². The van der Waals surface area contributed by atoms with Gasteiger partial charge in [-0.1, -0.05) is 73.9 Å². The summed E-state index contributed by atoms with van der Waals surface area (Å²) >= 11 is 0. The second-order valence-electron chi connectivity index (χ2n) is 28.0. The number of hydrogen-bond donors (Lipinski definition) is 22. The highest BCUT2D eigenvalue weighted by atomic mass is 16.6. The maximum atomic E-state index is 14.8. The van der Waals surface area contributed by atoms with Gasteiger partial charge in [0.25, 0.3) is 17.3 Å². The number of amides is 13. The number of aliphatic hydroxyl groups is 1. The van der Waals surface area contributed by atoms with Crippen LogP contribution in [0.5, 0.6) is 0 Å². The molecule has 0 spiro atoms. The van der Waals surface area contributed by atoms with Gasteiger partial charge in [0.1, 0.15) is 66.1 Å². The van der Waals surface area contributed by atoms with Crippen molar-refractivity contribution in [2.45, 2.75) is 200 Å². The average Bonchev–Trinajstić information content (AvgIpc) is 0.856. The molecule has 0 radical (unpaired) electrons. The molecule has 29 N–H and O–H groups in total. The number of hydrogen-bond acceptors (Lipinski definition) is 23. The highest BCUT2D eigenvalue weighted by molar-refractivity contribution is 6.02. The van der Waals surface area contributed by atoms with Crippen LogP contribution in [0.25, 0.3) is 0 Å². The van der Waals surface area contributed by atoms with Gasteiger partial charge < -0.3 is 120 Å². The molecule has 44 nitrogen and oxygen atoms in total. The zero-order valence-corrected chi connectivity index (χ0v) is 66.2. The predicted molar refractivity (Wildman–Crippen MR) is 423 cm³/mol. The molecule has 0 heterocycles. The normalized spacial score (nSPS) is 14.1. The van der Waals surface area contributed by atoms with E-state index < -0.39 is 201 Å². The Bertz CT molecular complexity index is 3730. The van der Waals surface area contributed by atoms with Crippen LogP contribution in [0.3, 0.4) is 0 Å². The number of nitrogens with one attached hydrogen (secondary N) is 14. The van der Waals surface area contributed by atoms with E-state index in [-0.39, 0.29) is 113 Å². The monoisotopic (exact) mass is 1610 g/mol. The zero-order valence-electron chi connectivity index (χ0n) is 66.2. The van der Waals surface area contributed by atoms with Gasteiger partial charge in [0.2, 0.25) is 70.9 Å². The van der Waals surface area contributed by atoms with Crippen LogP contribution in [0.2, 0.25) is 0 Å². The molecule has 0 saturated carbocycles. The number of primary amides is 1. The highest BCUT2D eigenvalue weighted by Crippen LogP contribution is 2.29. The number of aliphatic hydroxyl groups excluding tert-OH is 1. The number of nitrogens with zero attached hydrogens (tertiary/aromatic N) is 5. The number of rotatable bonds is 52. The Hall–Kier alpha value is -12.3. The first-order valence-electron chi connectivity index (χ1n) is 37.2. The molecule has 13 amide bonds. The molecule has 44 heteroatoms. The summed E-state index contributed by atoms with van der Waals surface area (Å²) in [7, 11) is 1.63. The van der Waals surface area contributed by atoms with Gasteiger partial charge in [0.05, 0.1) is 40.7 Å². The van der Waals surface area contributed by atoms with E-state index in [4.69, 9.17) is 40.1 Å². The third-order valence-electron chi connectivity index (χ3n) is 17.7. The summed E-state index contributed by atoms with van der Waals surface area (Å²) in [5.41, 5.74) is 38.2. The topological polar surface area (TPSA) is 716 Å². The van der Waals surface area contributed by atoms with Crippen molar-refractivity contribution in [1.29, 1.82) is 0 Å². The Kier molecular flexibility index (Phi) is 42.8. The van der Waals surface area contributed by atoms with Crippen LogP contribution in [0.1, 0.15) is 144 Å². The number of guanidine groups is 3. The maximum Gasteiger partial charge on any atom is 0.299 e. The van der Waals surface area contributed by atoms with E-state index in [0.717, 1.165) is 25.1 Å². The van der Waals surface area contributed by atoms with E-state index in [1.54, 1.807) is 72.9 Å². The number of anilines is 2. The molecule has 634 valence electrons. The standard InChI is InChI=1S/C70H116N26O18/c1-12-38(8)55(93-65(108)54(37(6)7)91-64(107)52(35(2)3)90-51(99)34-83-50(98)33-84-59(102)42-20-13-14-21-43(42)78-11)66(109)85-39(9)58(101)94-56(40(10)97)67(110)92-53(36(4)5)63(106)89-46(22-15-16-28-79-44-27-26-41(95(111)112)32-49(44)96(113)114)61(104)88-48(25-19-31-82-70(76)77)62(105)87-47(24-18-30-81-69(74)75)60(103)86-45(57(71)100)23-17-29-80-68(72)73/h13-14,20-21,26-27,32,35-40,45-48,52-56,78-79,97H,12,15-19,22-25,28-31,33-34H2,1-11H3,(H2,71,100)(H,83,98)(H,84,102)(H,85,109)(H,86,103)(H,87,105)(H,88,104)(H,89,106)(H,90,99)(H,91,107)(H,92,110)(H,93,108)(H,94,101)(H4,72,73,80)(H4,74,75,81)(H4,76,77,82). The van der Waals surface area contributed by atoms with E-state index in [1.807, 2.05) is 0 Å². The van der Waals surface area contributed by atoms with Crippen molar-refractivity contribution in [3.05, 3.63) is 68.3 Å². The SMILES string of the molecule is CCC(C)C(NC(=O)C(NC(=O)C(NC(=O)CNC(=O)CNC(=O)c1ccccc1NC)C(C)C)C(C)C)C(=O)NC(C)C(=O)NC(C(=O)NC(C(=O)NC(CCCCNc1ccc([N+](=O)[O-])cc1[N+](=O)[O-])C(=O)NC(CCCN=C(N)N)C(=O)NC(CCCN=C(N)N)C(=O)NC(CCCN=C(N)N)C(N)=O)C(C)C)C(C)O. The van der Waals surface area contributed by atoms with Gasteiger partial charge in [-0.2, -0.15) is 0 Å². The van der Waals surface area contributed by atoms with E-state index in [2.05, 4.69) is 89.4 Å². The fourth-order valence-electron chi connectivity index (χ4n) is 11.0. The Morgan fingerprint density at radius 1 is 0.447 bits per heavy atom. The maximum absolute atomic E-state index is 14.8. The molecule has 12 atom stereocenters. The van der Waals surface area contributed by atoms with Gasteiger partial charge in [-0.3, -0.25) is 97.5 Å². The first-order chi connectivity index (χ1) is 53.5. The first-order valence-corrected chi connectivity index (χ1v) is 37.2. The second kappa shape index (κ2) is 49.9. The summed E-state index contributed by atoms with van der Waals surface area (Å²) in [6.45, 7) is 14.1. The lowest BCUT2D eigenvalue weighted by Crippen LogP contribution is -2.63. The number of carbonyl (C=O) groups excluding carboxylic acids is 13. The molecule has 0 aliphatic heterocycles. The van der Waals surface area contributed by atoms with E-state index in [0.29, 0.717) is 12.1 Å². The van der Waals surface area contributed by atoms with E-state index in [9.17, 15) is 87.7 Å². The number of nitrogens with two attached hydrogens (primary N) is 7. The van der Waals surface area contributed by atoms with Crippen LogP contribution in [0, 0.1) is 43.9 Å². The molecule has 12 unspecified atom stereocenters. The number of unbranched alkanes of at least 4 members (excludes halogenated alkanes) is 1. The number of non-ortho nitro benzene ring substituents is 1. The van der Waals surface area contributed by atoms with Crippen molar-refractivity contribution in [1.82, 2.24) is 63.8 Å². The van der Waals surface area contributed by atoms with Gasteiger partial charge in [-0.05, 0) is 114 Å². The van der Waals surface area contributed by atoms with Gasteiger partial charge in [0, 0.05) is 45.0 Å². The minimum atomic E-state index is -1.84. The first kappa shape index (κ1) is 97.8. The van der Waals surface area contributed by atoms with Crippen LogP contribution in [-0.4, -0.2) is 222 Å². The molecule has 0 bridgehead atoms. The largest absolute Gasteiger partial charge is 0.391 e. The molecule has 114 heavy (non-hydrogen) atoms. The summed E-state index contributed by atoms with van der Waals surface area (Å²) in [5, 5.41) is 70.6. The lowest BCUT2D eigenvalue weighted by molar-refractivity contribution is -0.393. The van der Waals surface area contributed by atoms with E-state index >= 15 is 0 Å². The number of carbonyl (C=O) groups is 13. The van der Waals surface area contributed by atoms with Crippen molar-refractivity contribution in [2.75, 3.05) is 56.9 Å².